The van der Waals surface area contributed by atoms with Gasteiger partial charge in [-0.25, -0.2) is 0 Å². The highest BCUT2D eigenvalue weighted by molar-refractivity contribution is 8.02. The number of benzene rings is 2. The van der Waals surface area contributed by atoms with Crippen LogP contribution in [0.1, 0.15) is 72.9 Å². The zero-order valence-electron chi connectivity index (χ0n) is 25.0. The van der Waals surface area contributed by atoms with Gasteiger partial charge in [0.05, 0.1) is 11.5 Å². The first-order valence-corrected chi connectivity index (χ1v) is 17.3. The highest BCUT2D eigenvalue weighted by Crippen LogP contribution is 2.34. The van der Waals surface area contributed by atoms with Crippen LogP contribution in [0.2, 0.25) is 0 Å². The van der Waals surface area contributed by atoms with Crippen molar-refractivity contribution < 1.29 is 9.59 Å². The van der Waals surface area contributed by atoms with E-state index in [9.17, 15) is 9.59 Å². The van der Waals surface area contributed by atoms with Gasteiger partial charge in [-0.1, -0.05) is 98.2 Å². The smallest absolute Gasteiger partial charge is 0.234 e. The Bertz CT molecular complexity index is 1500. The van der Waals surface area contributed by atoms with Crippen molar-refractivity contribution in [3.63, 3.8) is 0 Å². The molecule has 0 aliphatic carbocycles. The van der Waals surface area contributed by atoms with Crippen LogP contribution in [-0.2, 0) is 16.0 Å². The lowest BCUT2D eigenvalue weighted by Crippen LogP contribution is -2.17. The molecular weight excluding hydrogens is 621 g/mol. The average molecular weight is 657 g/mol. The lowest BCUT2D eigenvalue weighted by atomic mass is 9.90. The Morgan fingerprint density at radius 2 is 1.12 bits per heavy atom. The fourth-order valence-corrected chi connectivity index (χ4v) is 7.51. The number of hydrogen-bond acceptors (Lipinski definition) is 12. The largest absolute Gasteiger partial charge is 0.374 e. The molecule has 2 heterocycles. The molecule has 2 aromatic carbocycles. The number of hydrogen-bond donors (Lipinski definition) is 4. The van der Waals surface area contributed by atoms with Crippen molar-refractivity contribution in [3.05, 3.63) is 57.6 Å². The van der Waals surface area contributed by atoms with E-state index in [0.717, 1.165) is 51.2 Å². The molecule has 228 valence electrons. The minimum atomic E-state index is -0.0998. The van der Waals surface area contributed by atoms with Crippen molar-refractivity contribution in [1.82, 2.24) is 20.4 Å². The topological polar surface area (TPSA) is 162 Å². The summed E-state index contributed by atoms with van der Waals surface area (Å²) in [5, 5.41) is 22.5. The van der Waals surface area contributed by atoms with E-state index >= 15 is 0 Å². The second-order valence-electron chi connectivity index (χ2n) is 10.7. The van der Waals surface area contributed by atoms with Gasteiger partial charge in [0.2, 0.25) is 22.1 Å². The van der Waals surface area contributed by atoms with Gasteiger partial charge in [0.1, 0.15) is 0 Å². The number of carbonyl (C=O) groups excluding carboxylic acids is 2. The summed E-state index contributed by atoms with van der Waals surface area (Å²) in [6, 6.07) is 8.64. The van der Waals surface area contributed by atoms with Crippen LogP contribution in [0.3, 0.4) is 0 Å². The van der Waals surface area contributed by atoms with Crippen LogP contribution >= 0.6 is 46.2 Å². The molecule has 0 aliphatic heterocycles. The minimum Gasteiger partial charge on any atom is -0.374 e. The summed E-state index contributed by atoms with van der Waals surface area (Å²) in [7, 11) is 0. The highest BCUT2D eigenvalue weighted by Gasteiger charge is 2.18. The maximum absolute atomic E-state index is 12.8. The van der Waals surface area contributed by atoms with E-state index in [1.165, 1.54) is 46.2 Å². The maximum atomic E-state index is 12.8. The molecule has 43 heavy (non-hydrogen) atoms. The zero-order chi connectivity index (χ0) is 31.3. The molecule has 0 atom stereocenters. The second kappa shape index (κ2) is 14.5. The van der Waals surface area contributed by atoms with Crippen molar-refractivity contribution in [2.24, 2.45) is 0 Å². The van der Waals surface area contributed by atoms with Crippen LogP contribution in [0.15, 0.2) is 32.9 Å². The van der Waals surface area contributed by atoms with Crippen molar-refractivity contribution in [1.29, 1.82) is 0 Å². The molecule has 4 rings (SSSR count). The first kappa shape index (κ1) is 32.7. The normalized spacial score (nSPS) is 11.3. The van der Waals surface area contributed by atoms with E-state index in [1.807, 2.05) is 13.8 Å². The minimum absolute atomic E-state index is 0.0998. The fraction of sp³-hybridized carbons (Fsp3) is 0.379. The number of aromatic nitrogens is 4. The predicted octanol–water partition coefficient (Wildman–Crippen LogP) is 6.47. The first-order chi connectivity index (χ1) is 20.4. The van der Waals surface area contributed by atoms with Gasteiger partial charge < -0.3 is 22.1 Å². The second-order valence-corrected chi connectivity index (χ2v) is 15.2. The van der Waals surface area contributed by atoms with Gasteiger partial charge in [-0.15, -0.1) is 20.4 Å². The van der Waals surface area contributed by atoms with E-state index in [-0.39, 0.29) is 35.2 Å². The Morgan fingerprint density at radius 3 is 1.44 bits per heavy atom. The van der Waals surface area contributed by atoms with E-state index in [1.54, 1.807) is 0 Å². The summed E-state index contributed by atoms with van der Waals surface area (Å²) < 4.78 is 1.34. The van der Waals surface area contributed by atoms with Crippen molar-refractivity contribution in [3.8, 4) is 0 Å². The van der Waals surface area contributed by atoms with Crippen LogP contribution in [0, 0.1) is 13.8 Å². The fourth-order valence-electron chi connectivity index (χ4n) is 4.64. The Morgan fingerprint density at radius 1 is 0.721 bits per heavy atom. The Labute approximate surface area is 268 Å². The Hall–Kier alpha value is -3.20. The molecule has 2 amide bonds. The number of nitrogens with two attached hydrogens (primary N) is 2. The van der Waals surface area contributed by atoms with Gasteiger partial charge in [-0.05, 0) is 65.5 Å². The van der Waals surface area contributed by atoms with Gasteiger partial charge >= 0.3 is 0 Å². The quantitative estimate of drug-likeness (QED) is 0.124. The van der Waals surface area contributed by atoms with Crippen molar-refractivity contribution in [2.75, 3.05) is 33.6 Å². The molecule has 0 spiro atoms. The monoisotopic (exact) mass is 656 g/mol. The van der Waals surface area contributed by atoms with E-state index in [2.05, 4.69) is 83.0 Å². The third-order valence-electron chi connectivity index (χ3n) is 6.53. The molecule has 6 N–H and O–H groups in total. The van der Waals surface area contributed by atoms with Crippen LogP contribution in [0.5, 0.6) is 0 Å². The number of carbonyl (C=O) groups is 2. The van der Waals surface area contributed by atoms with Crippen LogP contribution in [0.4, 0.5) is 21.6 Å². The number of nitrogens with zero attached hydrogens (tertiary/aromatic N) is 4. The Kier molecular flexibility index (Phi) is 11.0. The SMILES string of the molecule is Cc1cc(Cc2cc(C)c(NC(=O)CSc3nnc(N)s3)c(C(C)C)c2)cc(C(C)C)c1NC(=O)CSc1nnc(N)s1. The van der Waals surface area contributed by atoms with Crippen LogP contribution < -0.4 is 22.1 Å². The number of aryl methyl sites for hydroxylation is 2. The number of anilines is 4. The number of nitrogen functional groups attached to an aromatic ring is 2. The zero-order valence-corrected chi connectivity index (χ0v) is 28.2. The van der Waals surface area contributed by atoms with E-state index in [4.69, 9.17) is 11.5 Å². The van der Waals surface area contributed by atoms with Crippen molar-refractivity contribution >= 4 is 79.6 Å². The van der Waals surface area contributed by atoms with Gasteiger partial charge in [-0.2, -0.15) is 0 Å². The molecule has 0 fully saturated rings. The molecule has 0 saturated carbocycles. The summed E-state index contributed by atoms with van der Waals surface area (Å²) in [5.74, 6) is 0.676. The van der Waals surface area contributed by atoms with Gasteiger partial charge in [0, 0.05) is 11.4 Å². The van der Waals surface area contributed by atoms with Gasteiger partial charge in [0.25, 0.3) is 0 Å². The first-order valence-electron chi connectivity index (χ1n) is 13.7. The number of thioether (sulfide) groups is 2. The van der Waals surface area contributed by atoms with E-state index < -0.39 is 0 Å². The van der Waals surface area contributed by atoms with Gasteiger partial charge in [-0.3, -0.25) is 9.59 Å². The summed E-state index contributed by atoms with van der Waals surface area (Å²) in [4.78, 5) is 25.6. The molecule has 2 aromatic heterocycles. The molecule has 4 aromatic rings. The summed E-state index contributed by atoms with van der Waals surface area (Å²) in [6.45, 7) is 12.6. The molecule has 0 bridgehead atoms. The van der Waals surface area contributed by atoms with Crippen LogP contribution in [0.25, 0.3) is 0 Å². The Balaban J connectivity index is 1.49. The molecular formula is C29H36N8O2S4. The van der Waals surface area contributed by atoms with Crippen molar-refractivity contribution in [2.45, 2.75) is 68.5 Å². The number of nitrogens with one attached hydrogen (secondary N) is 2. The number of rotatable bonds is 12. The average Bonchev–Trinajstić information content (AvgIpc) is 3.55. The molecule has 0 aliphatic rings. The summed E-state index contributed by atoms with van der Waals surface area (Å²) in [6.07, 6.45) is 0.728. The molecule has 14 heteroatoms. The molecule has 0 unspecified atom stereocenters. The third-order valence-corrected chi connectivity index (χ3v) is 10.3. The van der Waals surface area contributed by atoms with Crippen LogP contribution in [-0.4, -0.2) is 43.7 Å². The lowest BCUT2D eigenvalue weighted by molar-refractivity contribution is -0.114. The third kappa shape index (κ3) is 8.91. The predicted molar refractivity (Wildman–Crippen MR) is 181 cm³/mol. The van der Waals surface area contributed by atoms with Gasteiger partial charge in [0.15, 0.2) is 8.68 Å². The summed E-state index contributed by atoms with van der Waals surface area (Å²) in [5.41, 5.74) is 19.5. The molecule has 0 radical (unpaired) electrons. The number of amides is 2. The highest BCUT2D eigenvalue weighted by atomic mass is 32.2. The molecule has 0 saturated heterocycles. The van der Waals surface area contributed by atoms with E-state index in [0.29, 0.717) is 18.9 Å². The maximum Gasteiger partial charge on any atom is 0.234 e. The molecule has 10 nitrogen and oxygen atoms in total. The lowest BCUT2D eigenvalue weighted by Gasteiger charge is -2.20. The standard InChI is InChI=1S/C29H36N8O2S4/c1-14(2)20-10-18(7-16(5)24(20)32-22(38)12-40-28-36-34-26(30)42-28)9-19-8-17(6)25(21(11-19)15(3)4)33-23(39)13-41-29-37-35-27(31)43-29/h7-8,10-11,14-15H,9,12-13H2,1-6H3,(H2,30,34)(H2,31,35)(H,32,38)(H,33,39). The summed E-state index contributed by atoms with van der Waals surface area (Å²) >= 11 is 5.18.